The Hall–Kier alpha value is -2.06. The van der Waals surface area contributed by atoms with Gasteiger partial charge in [-0.2, -0.15) is 5.10 Å². The quantitative estimate of drug-likeness (QED) is 0.768. The van der Waals surface area contributed by atoms with E-state index in [-0.39, 0.29) is 6.71 Å². The molecule has 2 aliphatic rings. The molecule has 20 heavy (non-hydrogen) atoms. The highest BCUT2D eigenvalue weighted by atomic mass is 32.1. The molecule has 1 aromatic rings. The van der Waals surface area contributed by atoms with Gasteiger partial charge in [0, 0.05) is 17.1 Å². The van der Waals surface area contributed by atoms with E-state index in [1.807, 2.05) is 17.2 Å². The van der Waals surface area contributed by atoms with Crippen LogP contribution < -0.4 is 5.01 Å². The first-order chi connectivity index (χ1) is 9.78. The summed E-state index contributed by atoms with van der Waals surface area (Å²) in [7, 11) is 0. The van der Waals surface area contributed by atoms with Gasteiger partial charge in [0.2, 0.25) is 0 Å². The van der Waals surface area contributed by atoms with Crippen LogP contribution in [0.5, 0.6) is 0 Å². The topological polar surface area (TPSA) is 39.4 Å². The van der Waals surface area contributed by atoms with Crippen LogP contribution in [0.15, 0.2) is 47.7 Å². The minimum absolute atomic E-state index is 0.190. The number of rotatable bonds is 2. The van der Waals surface area contributed by atoms with Crippen LogP contribution in [0.3, 0.4) is 0 Å². The molecule has 0 fully saturated rings. The smallest absolute Gasteiger partial charge is 0.224 e. The molecule has 0 atom stereocenters. The van der Waals surface area contributed by atoms with Crippen molar-refractivity contribution in [2.75, 3.05) is 5.01 Å². The fourth-order valence-corrected chi connectivity index (χ4v) is 3.46. The summed E-state index contributed by atoms with van der Waals surface area (Å²) in [5.74, 6) is 2.35. The molecule has 0 saturated heterocycles. The summed E-state index contributed by atoms with van der Waals surface area (Å²) in [6, 6.07) is 4.22. The van der Waals surface area contributed by atoms with Gasteiger partial charge in [-0.05, 0) is 42.6 Å². The lowest BCUT2D eigenvalue weighted by Crippen LogP contribution is -2.14. The van der Waals surface area contributed by atoms with Crippen molar-refractivity contribution in [3.63, 3.8) is 0 Å². The van der Waals surface area contributed by atoms with Crippen LogP contribution >= 0.6 is 11.3 Å². The second kappa shape index (κ2) is 5.52. The number of nitrogens with zero attached hydrogens (tertiary/aromatic N) is 3. The summed E-state index contributed by atoms with van der Waals surface area (Å²) in [5.41, 5.74) is 2.23. The molecule has 98 valence electrons. The highest BCUT2D eigenvalue weighted by Gasteiger charge is 2.20. The average Bonchev–Trinajstić information content (AvgIpc) is 2.97. The molecule has 2 aliphatic heterocycles. The summed E-state index contributed by atoms with van der Waals surface area (Å²) >= 11 is 1.72. The zero-order valence-electron chi connectivity index (χ0n) is 11.1. The number of hydrogen-bond acceptors (Lipinski definition) is 4. The molecule has 0 aromatic carbocycles. The molecular formula is C15H14BN3S. The zero-order chi connectivity index (χ0) is 13.9. The summed E-state index contributed by atoms with van der Waals surface area (Å²) in [4.78, 5) is 1.27. The Balaban J connectivity index is 1.80. The summed E-state index contributed by atoms with van der Waals surface area (Å²) in [6.45, 7) is 4.19. The maximum atomic E-state index is 8.94. The summed E-state index contributed by atoms with van der Waals surface area (Å²) < 4.78 is 0. The van der Waals surface area contributed by atoms with Crippen LogP contribution in [0.1, 0.15) is 11.3 Å². The Morgan fingerprint density at radius 1 is 1.45 bits per heavy atom. The van der Waals surface area contributed by atoms with Crippen molar-refractivity contribution >= 4 is 34.8 Å². The SMILES string of the molecule is C=C1C=CC=NN1c1ccc(C2=CCB(C#N)CC2)s1. The van der Waals surface area contributed by atoms with Gasteiger partial charge in [0.25, 0.3) is 6.71 Å². The van der Waals surface area contributed by atoms with Crippen LogP contribution in [0.25, 0.3) is 5.57 Å². The van der Waals surface area contributed by atoms with Crippen molar-refractivity contribution < 1.29 is 0 Å². The van der Waals surface area contributed by atoms with Gasteiger partial charge >= 0.3 is 0 Å². The first-order valence-corrected chi connectivity index (χ1v) is 7.48. The molecule has 3 nitrogen and oxygen atoms in total. The number of anilines is 1. The van der Waals surface area contributed by atoms with Gasteiger partial charge in [0.05, 0.1) is 5.70 Å². The molecule has 3 rings (SSSR count). The molecular weight excluding hydrogens is 265 g/mol. The highest BCUT2D eigenvalue weighted by molar-refractivity contribution is 7.17. The van der Waals surface area contributed by atoms with Crippen LogP contribution in [-0.2, 0) is 0 Å². The molecule has 5 heteroatoms. The lowest BCUT2D eigenvalue weighted by atomic mass is 9.44. The largest absolute Gasteiger partial charge is 0.271 e. The van der Waals surface area contributed by atoms with Gasteiger partial charge in [-0.25, -0.2) is 10.3 Å². The van der Waals surface area contributed by atoms with Crippen LogP contribution in [-0.4, -0.2) is 12.9 Å². The van der Waals surface area contributed by atoms with Crippen molar-refractivity contribution in [1.82, 2.24) is 0 Å². The maximum absolute atomic E-state index is 8.94. The molecule has 0 bridgehead atoms. The zero-order valence-corrected chi connectivity index (χ0v) is 11.9. The third-order valence-corrected chi connectivity index (χ3v) is 4.68. The van der Waals surface area contributed by atoms with Crippen molar-refractivity contribution in [2.45, 2.75) is 19.1 Å². The second-order valence-corrected chi connectivity index (χ2v) is 5.96. The van der Waals surface area contributed by atoms with Gasteiger partial charge < -0.3 is 0 Å². The van der Waals surface area contributed by atoms with E-state index in [9.17, 15) is 0 Å². The van der Waals surface area contributed by atoms with E-state index >= 15 is 0 Å². The van der Waals surface area contributed by atoms with Gasteiger partial charge in [-0.3, -0.25) is 0 Å². The molecule has 0 saturated carbocycles. The Morgan fingerprint density at radius 3 is 3.05 bits per heavy atom. The highest BCUT2D eigenvalue weighted by Crippen LogP contribution is 2.37. The van der Waals surface area contributed by atoms with Gasteiger partial charge in [0.15, 0.2) is 0 Å². The summed E-state index contributed by atoms with van der Waals surface area (Å²) in [5, 5.41) is 16.2. The molecule has 0 radical (unpaired) electrons. The maximum Gasteiger partial charge on any atom is 0.271 e. The minimum atomic E-state index is 0.190. The predicted molar refractivity (Wildman–Crippen MR) is 87.1 cm³/mol. The third-order valence-electron chi connectivity index (χ3n) is 3.54. The molecule has 1 aromatic heterocycles. The van der Waals surface area contributed by atoms with Crippen LogP contribution in [0, 0.1) is 11.2 Å². The number of nitriles is 1. The second-order valence-electron chi connectivity index (χ2n) is 4.89. The van der Waals surface area contributed by atoms with Crippen molar-refractivity contribution in [3.05, 3.63) is 47.5 Å². The van der Waals surface area contributed by atoms with E-state index in [0.717, 1.165) is 29.8 Å². The lowest BCUT2D eigenvalue weighted by Gasteiger charge is -2.19. The van der Waals surface area contributed by atoms with E-state index < -0.39 is 0 Å². The summed E-state index contributed by atoms with van der Waals surface area (Å²) in [6.07, 6.45) is 10.6. The predicted octanol–water partition coefficient (Wildman–Crippen LogP) is 3.97. The van der Waals surface area contributed by atoms with Gasteiger partial charge in [0.1, 0.15) is 5.00 Å². The normalized spacial score (nSPS) is 18.1. The van der Waals surface area contributed by atoms with Crippen molar-refractivity contribution in [1.29, 1.82) is 5.26 Å². The average molecular weight is 279 g/mol. The van der Waals surface area contributed by atoms with Crippen molar-refractivity contribution in [3.8, 4) is 5.97 Å². The molecule has 0 spiro atoms. The van der Waals surface area contributed by atoms with E-state index in [1.54, 1.807) is 17.6 Å². The minimum Gasteiger partial charge on any atom is -0.224 e. The standard InChI is InChI=1S/C15H14BN3S/c1-12-3-2-10-18-19(12)15-5-4-14(20-15)13-6-8-16(11-17)9-7-13/h2-6,10H,1,7-9H2. The fraction of sp³-hybridized carbons (Fsp3) is 0.200. The molecule has 0 aliphatic carbocycles. The Kier molecular flexibility index (Phi) is 3.57. The lowest BCUT2D eigenvalue weighted by molar-refractivity contribution is 1.05. The molecule has 3 heterocycles. The monoisotopic (exact) mass is 279 g/mol. The van der Waals surface area contributed by atoms with Crippen LogP contribution in [0.2, 0.25) is 12.6 Å². The number of hydrazone groups is 1. The molecule has 0 N–H and O–H groups in total. The fourth-order valence-electron chi connectivity index (χ4n) is 2.39. The third kappa shape index (κ3) is 2.47. The number of allylic oxidation sites excluding steroid dienone is 4. The van der Waals surface area contributed by atoms with Gasteiger partial charge in [-0.15, -0.1) is 11.3 Å². The van der Waals surface area contributed by atoms with Gasteiger partial charge in [-0.1, -0.05) is 19.0 Å². The molecule has 0 amide bonds. The first kappa shape index (κ1) is 13.0. The Bertz CT molecular complexity index is 663. The van der Waals surface area contributed by atoms with E-state index in [4.69, 9.17) is 5.26 Å². The molecule has 0 unspecified atom stereocenters. The van der Waals surface area contributed by atoms with E-state index in [1.165, 1.54) is 10.5 Å². The Labute approximate surface area is 123 Å². The van der Waals surface area contributed by atoms with E-state index in [2.05, 4.69) is 35.9 Å². The first-order valence-electron chi connectivity index (χ1n) is 6.66. The van der Waals surface area contributed by atoms with E-state index in [0.29, 0.717) is 0 Å². The Morgan fingerprint density at radius 2 is 2.35 bits per heavy atom. The number of hydrogen-bond donors (Lipinski definition) is 0. The number of thiophene rings is 1. The van der Waals surface area contributed by atoms with Crippen molar-refractivity contribution in [2.24, 2.45) is 5.10 Å². The van der Waals surface area contributed by atoms with Crippen LogP contribution in [0.4, 0.5) is 5.00 Å².